The number of nitrogens with zero attached hydrogens (tertiary/aromatic N) is 3. The molecule has 0 aliphatic carbocycles. The van der Waals surface area contributed by atoms with Crippen molar-refractivity contribution in [2.24, 2.45) is 0 Å². The van der Waals surface area contributed by atoms with E-state index in [0.717, 1.165) is 28.9 Å². The molecule has 0 aliphatic rings. The van der Waals surface area contributed by atoms with Crippen molar-refractivity contribution in [2.75, 3.05) is 19.0 Å². The van der Waals surface area contributed by atoms with Gasteiger partial charge < -0.3 is 10.0 Å². The molecule has 2 rings (SSSR count). The number of anilines is 1. The summed E-state index contributed by atoms with van der Waals surface area (Å²) in [6.45, 7) is 3.98. The molecule has 1 heterocycles. The Morgan fingerprint density at radius 3 is 2.50 bits per heavy atom. The van der Waals surface area contributed by atoms with Crippen LogP contribution in [0.15, 0.2) is 18.2 Å². The van der Waals surface area contributed by atoms with E-state index in [0.29, 0.717) is 11.0 Å². The molecule has 0 fully saturated rings. The van der Waals surface area contributed by atoms with Crippen LogP contribution in [0.25, 0.3) is 11.3 Å². The zero-order chi connectivity index (χ0) is 14.9. The van der Waals surface area contributed by atoms with Crippen LogP contribution in [0.5, 0.6) is 5.75 Å². The fourth-order valence-corrected chi connectivity index (χ4v) is 2.11. The molecule has 1 aromatic heterocycles. The highest BCUT2D eigenvalue weighted by molar-refractivity contribution is 6.32. The van der Waals surface area contributed by atoms with Crippen LogP contribution in [-0.4, -0.2) is 29.2 Å². The van der Waals surface area contributed by atoms with E-state index in [1.165, 1.54) is 0 Å². The molecule has 0 spiro atoms. The van der Waals surface area contributed by atoms with Gasteiger partial charge in [0.15, 0.2) is 0 Å². The fourth-order valence-electron chi connectivity index (χ4n) is 1.94. The van der Waals surface area contributed by atoms with E-state index >= 15 is 0 Å². The van der Waals surface area contributed by atoms with Crippen LogP contribution in [0.1, 0.15) is 18.2 Å². The number of benzene rings is 1. The number of aromatic nitrogens is 2. The van der Waals surface area contributed by atoms with Crippen molar-refractivity contribution in [3.05, 3.63) is 34.5 Å². The molecule has 0 unspecified atom stereocenters. The van der Waals surface area contributed by atoms with Crippen LogP contribution < -0.4 is 4.90 Å². The molecular weight excluding hydrogens is 274 g/mol. The topological polar surface area (TPSA) is 49.3 Å². The van der Waals surface area contributed by atoms with Gasteiger partial charge in [0.2, 0.25) is 5.95 Å². The number of hydrogen-bond acceptors (Lipinski definition) is 4. The lowest BCUT2D eigenvalue weighted by atomic mass is 10.0. The van der Waals surface area contributed by atoms with Crippen molar-refractivity contribution in [3.8, 4) is 17.0 Å². The van der Waals surface area contributed by atoms with Gasteiger partial charge in [0, 0.05) is 25.4 Å². The lowest BCUT2D eigenvalue weighted by Crippen LogP contribution is -2.14. The van der Waals surface area contributed by atoms with Crippen molar-refractivity contribution in [1.29, 1.82) is 0 Å². The maximum absolute atomic E-state index is 9.64. The van der Waals surface area contributed by atoms with Crippen molar-refractivity contribution in [2.45, 2.75) is 20.3 Å². The second-order valence-corrected chi connectivity index (χ2v) is 5.32. The SMILES string of the molecule is CCc1cc(-c2cc(Cl)c(O)cc2C)nc(N(C)C)n1. The first-order valence-electron chi connectivity index (χ1n) is 6.47. The molecule has 1 aromatic carbocycles. The molecule has 1 N–H and O–H groups in total. The van der Waals surface area contributed by atoms with Crippen LogP contribution >= 0.6 is 11.6 Å². The Morgan fingerprint density at radius 2 is 1.90 bits per heavy atom. The predicted molar refractivity (Wildman–Crippen MR) is 82.6 cm³/mol. The third-order valence-electron chi connectivity index (χ3n) is 3.10. The average Bonchev–Trinajstić information content (AvgIpc) is 2.42. The number of rotatable bonds is 3. The Balaban J connectivity index is 2.62. The Kier molecular flexibility index (Phi) is 4.14. The molecule has 4 nitrogen and oxygen atoms in total. The van der Waals surface area contributed by atoms with Crippen LogP contribution in [0, 0.1) is 6.92 Å². The Labute approximate surface area is 124 Å². The normalized spacial score (nSPS) is 10.7. The van der Waals surface area contributed by atoms with Crippen molar-refractivity contribution < 1.29 is 5.11 Å². The van der Waals surface area contributed by atoms with E-state index in [1.54, 1.807) is 12.1 Å². The monoisotopic (exact) mass is 291 g/mol. The van der Waals surface area contributed by atoms with Crippen LogP contribution in [0.2, 0.25) is 5.02 Å². The average molecular weight is 292 g/mol. The van der Waals surface area contributed by atoms with Crippen LogP contribution in [0.3, 0.4) is 0 Å². The lowest BCUT2D eigenvalue weighted by molar-refractivity contribution is 0.475. The number of phenolic OH excluding ortho intramolecular Hbond substituents is 1. The smallest absolute Gasteiger partial charge is 0.225 e. The molecule has 5 heteroatoms. The summed E-state index contributed by atoms with van der Waals surface area (Å²) < 4.78 is 0. The molecule has 0 atom stereocenters. The minimum Gasteiger partial charge on any atom is -0.506 e. The van der Waals surface area contributed by atoms with Gasteiger partial charge in [-0.05, 0) is 37.1 Å². The maximum Gasteiger partial charge on any atom is 0.225 e. The summed E-state index contributed by atoms with van der Waals surface area (Å²) in [6, 6.07) is 5.36. The van der Waals surface area contributed by atoms with Crippen LogP contribution in [-0.2, 0) is 6.42 Å². The summed E-state index contributed by atoms with van der Waals surface area (Å²) in [7, 11) is 3.82. The van der Waals surface area contributed by atoms with E-state index in [-0.39, 0.29) is 5.75 Å². The quantitative estimate of drug-likeness (QED) is 0.941. The van der Waals surface area contributed by atoms with Gasteiger partial charge in [-0.1, -0.05) is 18.5 Å². The number of phenols is 1. The van der Waals surface area contributed by atoms with Crippen LogP contribution in [0.4, 0.5) is 5.95 Å². The van der Waals surface area contributed by atoms with Gasteiger partial charge in [0.05, 0.1) is 10.7 Å². The van der Waals surface area contributed by atoms with Gasteiger partial charge in [-0.2, -0.15) is 0 Å². The third kappa shape index (κ3) is 2.85. The van der Waals surface area contributed by atoms with Crippen molar-refractivity contribution in [1.82, 2.24) is 9.97 Å². The number of halogens is 1. The van der Waals surface area contributed by atoms with E-state index in [1.807, 2.05) is 32.0 Å². The molecule has 2 aromatic rings. The van der Waals surface area contributed by atoms with Gasteiger partial charge in [-0.3, -0.25) is 0 Å². The second-order valence-electron chi connectivity index (χ2n) is 4.91. The van der Waals surface area contributed by atoms with E-state index in [2.05, 4.69) is 16.9 Å². The van der Waals surface area contributed by atoms with E-state index in [4.69, 9.17) is 11.6 Å². The molecule has 0 saturated heterocycles. The second kappa shape index (κ2) is 5.67. The Bertz CT molecular complexity index is 641. The highest BCUT2D eigenvalue weighted by Crippen LogP contribution is 2.32. The first-order chi connectivity index (χ1) is 9.42. The first-order valence-corrected chi connectivity index (χ1v) is 6.85. The highest BCUT2D eigenvalue weighted by atomic mass is 35.5. The minimum atomic E-state index is 0.0884. The highest BCUT2D eigenvalue weighted by Gasteiger charge is 2.12. The van der Waals surface area contributed by atoms with Gasteiger partial charge in [0.25, 0.3) is 0 Å². The first kappa shape index (κ1) is 14.6. The fraction of sp³-hybridized carbons (Fsp3) is 0.333. The summed E-state index contributed by atoms with van der Waals surface area (Å²) in [4.78, 5) is 10.9. The molecule has 0 amide bonds. The third-order valence-corrected chi connectivity index (χ3v) is 3.40. The number of aryl methyl sites for hydroxylation is 2. The molecule has 20 heavy (non-hydrogen) atoms. The molecule has 0 bridgehead atoms. The van der Waals surface area contributed by atoms with Gasteiger partial charge >= 0.3 is 0 Å². The van der Waals surface area contributed by atoms with E-state index < -0.39 is 0 Å². The zero-order valence-electron chi connectivity index (χ0n) is 12.1. The summed E-state index contributed by atoms with van der Waals surface area (Å²) in [5, 5.41) is 9.97. The van der Waals surface area contributed by atoms with Gasteiger partial charge in [-0.25, -0.2) is 9.97 Å². The number of hydrogen-bond donors (Lipinski definition) is 1. The van der Waals surface area contributed by atoms with Crippen molar-refractivity contribution in [3.63, 3.8) is 0 Å². The minimum absolute atomic E-state index is 0.0884. The standard InChI is InChI=1S/C15H18ClN3O/c1-5-10-7-13(18-15(17-10)19(3)4)11-8-12(16)14(20)6-9(11)2/h6-8,20H,5H2,1-4H3. The van der Waals surface area contributed by atoms with Gasteiger partial charge in [0.1, 0.15) is 5.75 Å². The van der Waals surface area contributed by atoms with Crippen molar-refractivity contribution >= 4 is 17.5 Å². The summed E-state index contributed by atoms with van der Waals surface area (Å²) in [5.41, 5.74) is 3.63. The molecular formula is C15H18ClN3O. The summed E-state index contributed by atoms with van der Waals surface area (Å²) >= 11 is 6.01. The largest absolute Gasteiger partial charge is 0.506 e. The van der Waals surface area contributed by atoms with Gasteiger partial charge in [-0.15, -0.1) is 0 Å². The Hall–Kier alpha value is -1.81. The molecule has 0 aliphatic heterocycles. The molecule has 0 saturated carbocycles. The number of aromatic hydroxyl groups is 1. The molecule has 0 radical (unpaired) electrons. The summed E-state index contributed by atoms with van der Waals surface area (Å²) in [5.74, 6) is 0.758. The lowest BCUT2D eigenvalue weighted by Gasteiger charge is -2.14. The zero-order valence-corrected chi connectivity index (χ0v) is 12.9. The molecule has 106 valence electrons. The maximum atomic E-state index is 9.64. The van der Waals surface area contributed by atoms with E-state index in [9.17, 15) is 5.11 Å². The Morgan fingerprint density at radius 1 is 1.20 bits per heavy atom. The summed E-state index contributed by atoms with van der Waals surface area (Å²) in [6.07, 6.45) is 0.835. The predicted octanol–water partition coefficient (Wildman–Crippen LogP) is 3.44.